The lowest BCUT2D eigenvalue weighted by atomic mass is 9.60. The normalized spacial score (nSPS) is 27.0. The van der Waals surface area contributed by atoms with Gasteiger partial charge in [-0.2, -0.15) is 0 Å². The van der Waals surface area contributed by atoms with Crippen LogP contribution in [-0.2, 0) is 26.2 Å². The van der Waals surface area contributed by atoms with Crippen LogP contribution in [-0.4, -0.2) is 45.9 Å². The molecule has 3 amide bonds. The smallest absolute Gasteiger partial charge is 0.247 e. The standard InChI is InChI=1S/C29H30N4O3/c1-5-28(3,4)29-15-24-25(35)31-22(14-18-16-30-21-12-8-6-10-19(18)21)26(36)33(24)27(29)32(17(2)34)23-13-9-7-11-20(23)29/h5-13,16,22,24,27,30H,1,14-15H2,2-4H3,(H,31,35). The number of hydrogen-bond donors (Lipinski definition) is 2. The van der Waals surface area contributed by atoms with Crippen molar-refractivity contribution in [1.29, 1.82) is 0 Å². The third kappa shape index (κ3) is 2.77. The quantitative estimate of drug-likeness (QED) is 0.557. The summed E-state index contributed by atoms with van der Waals surface area (Å²) in [7, 11) is 0. The number of para-hydroxylation sites is 2. The summed E-state index contributed by atoms with van der Waals surface area (Å²) in [6.45, 7) is 9.80. The van der Waals surface area contributed by atoms with Crippen LogP contribution >= 0.6 is 0 Å². The average Bonchev–Trinajstić information content (AvgIpc) is 3.52. The summed E-state index contributed by atoms with van der Waals surface area (Å²) in [5.41, 5.74) is 2.58. The molecule has 0 saturated carbocycles. The molecule has 2 saturated heterocycles. The van der Waals surface area contributed by atoms with Crippen molar-refractivity contribution >= 4 is 34.3 Å². The summed E-state index contributed by atoms with van der Waals surface area (Å²) in [5.74, 6) is -0.480. The van der Waals surface area contributed by atoms with E-state index in [0.717, 1.165) is 27.7 Å². The predicted molar refractivity (Wildman–Crippen MR) is 138 cm³/mol. The monoisotopic (exact) mass is 482 g/mol. The van der Waals surface area contributed by atoms with Crippen LogP contribution in [0.3, 0.4) is 0 Å². The number of nitrogens with zero attached hydrogens (tertiary/aromatic N) is 2. The van der Waals surface area contributed by atoms with E-state index >= 15 is 0 Å². The van der Waals surface area contributed by atoms with Gasteiger partial charge in [-0.3, -0.25) is 19.3 Å². The van der Waals surface area contributed by atoms with E-state index in [1.54, 1.807) is 9.80 Å². The van der Waals surface area contributed by atoms with Gasteiger partial charge in [0, 0.05) is 41.5 Å². The minimum atomic E-state index is -0.715. The van der Waals surface area contributed by atoms with Gasteiger partial charge in [-0.25, -0.2) is 0 Å². The fourth-order valence-corrected chi connectivity index (χ4v) is 6.83. The molecule has 0 radical (unpaired) electrons. The van der Waals surface area contributed by atoms with Crippen molar-refractivity contribution in [3.63, 3.8) is 0 Å². The van der Waals surface area contributed by atoms with Gasteiger partial charge >= 0.3 is 0 Å². The molecule has 0 aliphatic carbocycles. The maximum atomic E-state index is 14.2. The molecule has 4 atom stereocenters. The first-order valence-electron chi connectivity index (χ1n) is 12.4. The Hall–Kier alpha value is -3.87. The number of rotatable bonds is 4. The molecule has 3 aromatic rings. The highest BCUT2D eigenvalue weighted by molar-refractivity contribution is 6.03. The Kier molecular flexibility index (Phi) is 4.74. The number of aromatic amines is 1. The largest absolute Gasteiger partial charge is 0.361 e. The van der Waals surface area contributed by atoms with Crippen molar-refractivity contribution in [2.45, 2.75) is 57.3 Å². The number of allylic oxidation sites excluding steroid dienone is 1. The molecule has 0 spiro atoms. The van der Waals surface area contributed by atoms with Gasteiger partial charge in [0.15, 0.2) is 0 Å². The number of amides is 3. The topological polar surface area (TPSA) is 85.5 Å². The molecule has 4 heterocycles. The number of carbonyl (C=O) groups is 3. The van der Waals surface area contributed by atoms with E-state index in [4.69, 9.17) is 0 Å². The molecule has 4 unspecified atom stereocenters. The van der Waals surface area contributed by atoms with Crippen molar-refractivity contribution in [2.75, 3.05) is 4.90 Å². The van der Waals surface area contributed by atoms with Crippen molar-refractivity contribution in [3.8, 4) is 0 Å². The minimum absolute atomic E-state index is 0.151. The maximum absolute atomic E-state index is 14.2. The summed E-state index contributed by atoms with van der Waals surface area (Å²) in [4.78, 5) is 47.5. The highest BCUT2D eigenvalue weighted by atomic mass is 16.2. The Labute approximate surface area is 210 Å². The molecule has 2 aromatic carbocycles. The maximum Gasteiger partial charge on any atom is 0.247 e. The van der Waals surface area contributed by atoms with Crippen LogP contribution < -0.4 is 10.2 Å². The molecule has 36 heavy (non-hydrogen) atoms. The van der Waals surface area contributed by atoms with Crippen molar-refractivity contribution in [2.24, 2.45) is 5.41 Å². The van der Waals surface area contributed by atoms with Gasteiger partial charge in [0.1, 0.15) is 18.2 Å². The fraction of sp³-hybridized carbons (Fsp3) is 0.345. The van der Waals surface area contributed by atoms with Gasteiger partial charge in [-0.15, -0.1) is 6.58 Å². The Morgan fingerprint density at radius 1 is 1.17 bits per heavy atom. The summed E-state index contributed by atoms with van der Waals surface area (Å²) in [6, 6.07) is 14.4. The Bertz CT molecular complexity index is 1440. The highest BCUT2D eigenvalue weighted by Gasteiger charge is 2.69. The van der Waals surface area contributed by atoms with Crippen LogP contribution in [0.1, 0.15) is 38.3 Å². The second kappa shape index (κ2) is 7.56. The number of aromatic nitrogens is 1. The van der Waals surface area contributed by atoms with Crippen LogP contribution in [0.5, 0.6) is 0 Å². The molecule has 7 heteroatoms. The fourth-order valence-electron chi connectivity index (χ4n) is 6.83. The summed E-state index contributed by atoms with van der Waals surface area (Å²) in [6.07, 6.45) is 3.99. The third-order valence-corrected chi connectivity index (χ3v) is 8.71. The molecular formula is C29H30N4O3. The number of carbonyl (C=O) groups excluding carboxylic acids is 3. The molecule has 0 bridgehead atoms. The van der Waals surface area contributed by atoms with E-state index in [1.807, 2.05) is 60.8 Å². The zero-order valence-electron chi connectivity index (χ0n) is 20.7. The first-order chi connectivity index (χ1) is 17.2. The molecule has 3 aliphatic rings. The van der Waals surface area contributed by atoms with Crippen molar-refractivity contribution in [1.82, 2.24) is 15.2 Å². The number of anilines is 1. The summed E-state index contributed by atoms with van der Waals surface area (Å²) >= 11 is 0. The van der Waals surface area contributed by atoms with Gasteiger partial charge in [-0.1, -0.05) is 56.3 Å². The van der Waals surface area contributed by atoms with Crippen molar-refractivity contribution in [3.05, 3.63) is 78.5 Å². The second-order valence-electron chi connectivity index (χ2n) is 10.8. The third-order valence-electron chi connectivity index (χ3n) is 8.71. The molecular weight excluding hydrogens is 452 g/mol. The average molecular weight is 483 g/mol. The zero-order chi connectivity index (χ0) is 25.4. The lowest BCUT2D eigenvalue weighted by Crippen LogP contribution is -2.66. The number of nitrogens with one attached hydrogen (secondary N) is 2. The van der Waals surface area contributed by atoms with Gasteiger partial charge < -0.3 is 15.2 Å². The lowest BCUT2D eigenvalue weighted by molar-refractivity contribution is -0.149. The van der Waals surface area contributed by atoms with Crippen LogP contribution in [0.15, 0.2) is 67.4 Å². The van der Waals surface area contributed by atoms with Crippen molar-refractivity contribution < 1.29 is 14.4 Å². The Morgan fingerprint density at radius 2 is 1.89 bits per heavy atom. The van der Waals surface area contributed by atoms with Gasteiger partial charge in [0.05, 0.1) is 0 Å². The van der Waals surface area contributed by atoms with Crippen LogP contribution in [0.2, 0.25) is 0 Å². The molecule has 184 valence electrons. The van der Waals surface area contributed by atoms with E-state index in [-0.39, 0.29) is 17.7 Å². The van der Waals surface area contributed by atoms with Gasteiger partial charge in [-0.05, 0) is 35.1 Å². The van der Waals surface area contributed by atoms with Gasteiger partial charge in [0.2, 0.25) is 17.7 Å². The van der Waals surface area contributed by atoms with Crippen LogP contribution in [0, 0.1) is 5.41 Å². The molecule has 3 aliphatic heterocycles. The molecule has 1 aromatic heterocycles. The lowest BCUT2D eigenvalue weighted by Gasteiger charge is -2.46. The van der Waals surface area contributed by atoms with E-state index in [2.05, 4.69) is 30.7 Å². The predicted octanol–water partition coefficient (Wildman–Crippen LogP) is 3.65. The first kappa shape index (κ1) is 22.6. The number of fused-ring (bicyclic) bond motifs is 6. The molecule has 2 N–H and O–H groups in total. The van der Waals surface area contributed by atoms with E-state index in [0.29, 0.717) is 12.8 Å². The van der Waals surface area contributed by atoms with E-state index < -0.39 is 29.1 Å². The zero-order valence-corrected chi connectivity index (χ0v) is 20.7. The number of H-pyrrole nitrogens is 1. The van der Waals surface area contributed by atoms with E-state index in [1.165, 1.54) is 6.92 Å². The number of benzene rings is 2. The summed E-state index contributed by atoms with van der Waals surface area (Å²) in [5, 5.41) is 4.04. The summed E-state index contributed by atoms with van der Waals surface area (Å²) < 4.78 is 0. The SMILES string of the molecule is C=CC(C)(C)C12CC3C(=O)NC(Cc4c[nH]c5ccccc45)C(=O)N3C1N(C(C)=O)c1ccccc12. The van der Waals surface area contributed by atoms with E-state index in [9.17, 15) is 14.4 Å². The first-order valence-corrected chi connectivity index (χ1v) is 12.4. The van der Waals surface area contributed by atoms with Crippen LogP contribution in [0.4, 0.5) is 5.69 Å². The Balaban J connectivity index is 1.47. The van der Waals surface area contributed by atoms with Crippen LogP contribution in [0.25, 0.3) is 10.9 Å². The second-order valence-corrected chi connectivity index (χ2v) is 10.8. The molecule has 6 rings (SSSR count). The highest BCUT2D eigenvalue weighted by Crippen LogP contribution is 2.62. The number of piperazine rings is 1. The molecule has 7 nitrogen and oxygen atoms in total. The molecule has 2 fully saturated rings. The Morgan fingerprint density at radius 3 is 2.64 bits per heavy atom. The minimum Gasteiger partial charge on any atom is -0.361 e. The number of hydrogen-bond acceptors (Lipinski definition) is 3. The van der Waals surface area contributed by atoms with Gasteiger partial charge in [0.25, 0.3) is 0 Å².